The van der Waals surface area contributed by atoms with Gasteiger partial charge in [-0.1, -0.05) is 23.2 Å². The standard InChI is InChI=1S/C20H26Cl2F3N3O3S/c1-2-32(30,31)28-9-7-27(8-10-28)19(3-5-20(24,25)6-4-19)13-26-18(29)14-11-17(23)16(22)12-15(14)21/h11-12H,2-10,13H2,1H3,(H,26,29). The van der Waals surface area contributed by atoms with E-state index in [-0.39, 0.29) is 66.7 Å². The third-order valence-corrected chi connectivity index (χ3v) is 8.90. The molecule has 3 rings (SSSR count). The van der Waals surface area contributed by atoms with Crippen LogP contribution < -0.4 is 5.32 Å². The van der Waals surface area contributed by atoms with Crippen molar-refractivity contribution in [2.45, 2.75) is 44.1 Å². The van der Waals surface area contributed by atoms with Crippen LogP contribution in [0.4, 0.5) is 13.2 Å². The Labute approximate surface area is 196 Å². The van der Waals surface area contributed by atoms with E-state index in [0.717, 1.165) is 12.1 Å². The minimum atomic E-state index is -3.33. The number of alkyl halides is 2. The van der Waals surface area contributed by atoms with E-state index in [4.69, 9.17) is 23.2 Å². The first-order chi connectivity index (χ1) is 14.9. The first kappa shape index (κ1) is 25.6. The van der Waals surface area contributed by atoms with Gasteiger partial charge in [0.2, 0.25) is 15.9 Å². The average molecular weight is 516 g/mol. The van der Waals surface area contributed by atoms with Crippen LogP contribution in [-0.4, -0.2) is 73.5 Å². The lowest BCUT2D eigenvalue weighted by molar-refractivity contribution is -0.0856. The van der Waals surface area contributed by atoms with Crippen molar-refractivity contribution in [3.8, 4) is 0 Å². The lowest BCUT2D eigenvalue weighted by Crippen LogP contribution is -2.63. The monoisotopic (exact) mass is 515 g/mol. The van der Waals surface area contributed by atoms with Gasteiger partial charge >= 0.3 is 0 Å². The summed E-state index contributed by atoms with van der Waals surface area (Å²) < 4.78 is 67.4. The average Bonchev–Trinajstić information content (AvgIpc) is 2.76. The number of nitrogens with one attached hydrogen (secondary N) is 1. The van der Waals surface area contributed by atoms with Crippen molar-refractivity contribution in [1.82, 2.24) is 14.5 Å². The molecule has 2 aliphatic rings. The predicted molar refractivity (Wildman–Crippen MR) is 118 cm³/mol. The zero-order chi connectivity index (χ0) is 23.7. The molecule has 12 heteroatoms. The fourth-order valence-corrected chi connectivity index (χ4v) is 5.90. The minimum absolute atomic E-state index is 0.00116. The number of hydrogen-bond acceptors (Lipinski definition) is 4. The second kappa shape index (κ2) is 9.66. The van der Waals surface area contributed by atoms with Gasteiger partial charge in [0.15, 0.2) is 0 Å². The number of amides is 1. The topological polar surface area (TPSA) is 69.7 Å². The van der Waals surface area contributed by atoms with Gasteiger partial charge in [-0.05, 0) is 31.9 Å². The molecule has 180 valence electrons. The van der Waals surface area contributed by atoms with E-state index in [0.29, 0.717) is 13.1 Å². The van der Waals surface area contributed by atoms with Gasteiger partial charge in [-0.3, -0.25) is 9.69 Å². The molecule has 0 bridgehead atoms. The van der Waals surface area contributed by atoms with Crippen molar-refractivity contribution in [1.29, 1.82) is 0 Å². The van der Waals surface area contributed by atoms with Gasteiger partial charge in [0.1, 0.15) is 5.82 Å². The molecule has 0 unspecified atom stereocenters. The molecule has 6 nitrogen and oxygen atoms in total. The number of carbonyl (C=O) groups is 1. The molecular weight excluding hydrogens is 490 g/mol. The highest BCUT2D eigenvalue weighted by molar-refractivity contribution is 7.89. The Morgan fingerprint density at radius 3 is 2.22 bits per heavy atom. The summed E-state index contributed by atoms with van der Waals surface area (Å²) in [5.41, 5.74) is -0.847. The quantitative estimate of drug-likeness (QED) is 0.585. The number of rotatable bonds is 6. The number of sulfonamides is 1. The van der Waals surface area contributed by atoms with Gasteiger partial charge in [-0.15, -0.1) is 0 Å². The first-order valence-electron chi connectivity index (χ1n) is 10.4. The van der Waals surface area contributed by atoms with E-state index in [2.05, 4.69) is 5.32 Å². The minimum Gasteiger partial charge on any atom is -0.350 e. The van der Waals surface area contributed by atoms with Crippen LogP contribution in [0, 0.1) is 5.82 Å². The molecule has 1 aliphatic carbocycles. The van der Waals surface area contributed by atoms with Crippen molar-refractivity contribution in [2.24, 2.45) is 0 Å². The molecular formula is C20H26Cl2F3N3O3S. The van der Waals surface area contributed by atoms with Crippen LogP contribution in [0.2, 0.25) is 10.0 Å². The van der Waals surface area contributed by atoms with Crippen molar-refractivity contribution < 1.29 is 26.4 Å². The predicted octanol–water partition coefficient (Wildman–Crippen LogP) is 3.78. The Bertz CT molecular complexity index is 960. The summed E-state index contributed by atoms with van der Waals surface area (Å²) in [7, 11) is -3.33. The Balaban J connectivity index is 1.75. The molecule has 1 aromatic carbocycles. The van der Waals surface area contributed by atoms with Gasteiger partial charge < -0.3 is 5.32 Å². The van der Waals surface area contributed by atoms with E-state index in [1.54, 1.807) is 6.92 Å². The Hall–Kier alpha value is -1.07. The molecule has 2 fully saturated rings. The summed E-state index contributed by atoms with van der Waals surface area (Å²) >= 11 is 11.7. The van der Waals surface area contributed by atoms with Crippen molar-refractivity contribution >= 4 is 39.1 Å². The number of carbonyl (C=O) groups excluding carboxylic acids is 1. The fourth-order valence-electron chi connectivity index (χ4n) is 4.35. The summed E-state index contributed by atoms with van der Waals surface area (Å²) in [6.07, 6.45) is -0.369. The lowest BCUT2D eigenvalue weighted by atomic mass is 9.78. The molecule has 0 atom stereocenters. The third-order valence-electron chi connectivity index (χ3n) is 6.41. The number of benzene rings is 1. The van der Waals surface area contributed by atoms with Crippen LogP contribution in [0.5, 0.6) is 0 Å². The van der Waals surface area contributed by atoms with Crippen LogP contribution in [0.15, 0.2) is 12.1 Å². The van der Waals surface area contributed by atoms with E-state index in [9.17, 15) is 26.4 Å². The second-order valence-corrected chi connectivity index (χ2v) is 11.4. The summed E-state index contributed by atoms with van der Waals surface area (Å²) in [5, 5.41) is 2.49. The molecule has 1 amide bonds. The van der Waals surface area contributed by atoms with Crippen LogP contribution in [0.1, 0.15) is 43.0 Å². The molecule has 1 saturated carbocycles. The molecule has 32 heavy (non-hydrogen) atoms. The molecule has 1 N–H and O–H groups in total. The maximum Gasteiger partial charge on any atom is 0.252 e. The van der Waals surface area contributed by atoms with Crippen LogP contribution in [0.25, 0.3) is 0 Å². The maximum atomic E-state index is 13.9. The highest BCUT2D eigenvalue weighted by Crippen LogP contribution is 2.42. The van der Waals surface area contributed by atoms with Crippen molar-refractivity contribution in [3.05, 3.63) is 33.6 Å². The molecule has 1 heterocycles. The molecule has 0 spiro atoms. The van der Waals surface area contributed by atoms with Gasteiger partial charge in [0.05, 0.1) is 21.4 Å². The normalized spacial score (nSPS) is 21.9. The highest BCUT2D eigenvalue weighted by atomic mass is 35.5. The zero-order valence-corrected chi connectivity index (χ0v) is 20.0. The Morgan fingerprint density at radius 2 is 1.66 bits per heavy atom. The Morgan fingerprint density at radius 1 is 1.06 bits per heavy atom. The second-order valence-electron chi connectivity index (χ2n) is 8.30. The Kier molecular flexibility index (Phi) is 7.71. The number of nitrogens with zero attached hydrogens (tertiary/aromatic N) is 2. The van der Waals surface area contributed by atoms with Gasteiger partial charge in [-0.25, -0.2) is 21.6 Å². The van der Waals surface area contributed by atoms with Crippen LogP contribution in [-0.2, 0) is 10.0 Å². The number of hydrogen-bond donors (Lipinski definition) is 1. The summed E-state index contributed by atoms with van der Waals surface area (Å²) in [4.78, 5) is 14.7. The highest BCUT2D eigenvalue weighted by Gasteiger charge is 2.47. The molecule has 1 aromatic rings. The van der Waals surface area contributed by atoms with Gasteiger partial charge in [0, 0.05) is 51.1 Å². The van der Waals surface area contributed by atoms with Crippen molar-refractivity contribution in [2.75, 3.05) is 38.5 Å². The maximum absolute atomic E-state index is 13.9. The van der Waals surface area contributed by atoms with E-state index < -0.39 is 33.2 Å². The first-order valence-corrected chi connectivity index (χ1v) is 12.8. The molecule has 0 aromatic heterocycles. The summed E-state index contributed by atoms with van der Waals surface area (Å²) in [6, 6.07) is 2.08. The third kappa shape index (κ3) is 5.52. The van der Waals surface area contributed by atoms with Gasteiger partial charge in [0.25, 0.3) is 5.91 Å². The largest absolute Gasteiger partial charge is 0.350 e. The van der Waals surface area contributed by atoms with Gasteiger partial charge in [-0.2, -0.15) is 4.31 Å². The van der Waals surface area contributed by atoms with Crippen LogP contribution in [0.3, 0.4) is 0 Å². The molecule has 1 saturated heterocycles. The summed E-state index contributed by atoms with van der Waals surface area (Å²) in [6.45, 7) is 2.90. The number of halogens is 5. The summed E-state index contributed by atoms with van der Waals surface area (Å²) in [5.74, 6) is -4.20. The van der Waals surface area contributed by atoms with Crippen LogP contribution >= 0.6 is 23.2 Å². The number of piperazine rings is 1. The van der Waals surface area contributed by atoms with E-state index in [1.807, 2.05) is 4.90 Å². The SMILES string of the molecule is CCS(=O)(=O)N1CCN(C2(CNC(=O)c3cc(F)c(Cl)cc3Cl)CCC(F)(F)CC2)CC1. The van der Waals surface area contributed by atoms with E-state index in [1.165, 1.54) is 4.31 Å². The fraction of sp³-hybridized carbons (Fsp3) is 0.650. The van der Waals surface area contributed by atoms with Crippen molar-refractivity contribution in [3.63, 3.8) is 0 Å². The smallest absolute Gasteiger partial charge is 0.252 e. The molecule has 0 radical (unpaired) electrons. The lowest BCUT2D eigenvalue weighted by Gasteiger charge is -2.50. The van der Waals surface area contributed by atoms with E-state index >= 15 is 0 Å². The molecule has 1 aliphatic heterocycles. The zero-order valence-electron chi connectivity index (χ0n) is 17.6.